The van der Waals surface area contributed by atoms with Crippen LogP contribution >= 0.6 is 0 Å². The van der Waals surface area contributed by atoms with Crippen molar-refractivity contribution >= 4 is 0 Å². The molecule has 3 aromatic rings. The van der Waals surface area contributed by atoms with Gasteiger partial charge in [-0.05, 0) is 12.1 Å². The second kappa shape index (κ2) is 5.86. The van der Waals surface area contributed by atoms with Crippen molar-refractivity contribution in [3.05, 3.63) is 54.1 Å². The van der Waals surface area contributed by atoms with Crippen LogP contribution in [0.25, 0.3) is 0 Å². The Balaban J connectivity index is 2.10. The van der Waals surface area contributed by atoms with Crippen LogP contribution in [-0.2, 0) is 17.9 Å². The van der Waals surface area contributed by atoms with Gasteiger partial charge in [-0.2, -0.15) is 10.2 Å². The summed E-state index contributed by atoms with van der Waals surface area (Å²) in [6.07, 6.45) is 7.57. The topological polar surface area (TPSA) is 53.5 Å². The van der Waals surface area contributed by atoms with Crippen LogP contribution in [-0.4, -0.2) is 29.1 Å². The molecule has 0 saturated carbocycles. The van der Waals surface area contributed by atoms with Crippen molar-refractivity contribution in [3.8, 4) is 0 Å². The number of aromatic nitrogens is 6. The minimum absolute atomic E-state index is 0.00186. The molecule has 6 nitrogen and oxygen atoms in total. The number of hydrogen-bond donors (Lipinski definition) is 0. The van der Waals surface area contributed by atoms with E-state index in [9.17, 15) is 0 Å². The molecule has 0 saturated heterocycles. The maximum absolute atomic E-state index is 4.83. The molecule has 0 N–H and O–H groups in total. The summed E-state index contributed by atoms with van der Waals surface area (Å²) in [4.78, 5) is 4.55. The molecule has 0 bridgehead atoms. The smallest absolute Gasteiger partial charge is 0.200 e. The quantitative estimate of drug-likeness (QED) is 0.733. The largest absolute Gasteiger partial charge is 0.335 e. The average Bonchev–Trinajstić information content (AvgIpc) is 3.20. The Morgan fingerprint density at radius 1 is 0.800 bits per heavy atom. The zero-order valence-electron chi connectivity index (χ0n) is 16.2. The van der Waals surface area contributed by atoms with Gasteiger partial charge in [0.1, 0.15) is 0 Å². The maximum Gasteiger partial charge on any atom is 0.200 e. The minimum Gasteiger partial charge on any atom is -0.335 e. The van der Waals surface area contributed by atoms with E-state index in [2.05, 4.69) is 58.7 Å². The molecule has 0 aliphatic heterocycles. The second-order valence-corrected chi connectivity index (χ2v) is 8.63. The van der Waals surface area contributed by atoms with Crippen molar-refractivity contribution in [3.63, 3.8) is 0 Å². The van der Waals surface area contributed by atoms with Crippen LogP contribution in [0.5, 0.6) is 0 Å². The number of imidazole rings is 1. The van der Waals surface area contributed by atoms with Crippen molar-refractivity contribution in [2.75, 3.05) is 0 Å². The zero-order chi connectivity index (χ0) is 18.4. The summed E-state index contributed by atoms with van der Waals surface area (Å²) >= 11 is 0. The van der Waals surface area contributed by atoms with Crippen LogP contribution in [0.3, 0.4) is 0 Å². The molecule has 0 amide bonds. The highest BCUT2D eigenvalue weighted by Gasteiger charge is 2.26. The fourth-order valence-electron chi connectivity index (χ4n) is 2.73. The molecule has 0 aliphatic carbocycles. The summed E-state index contributed by atoms with van der Waals surface area (Å²) in [6, 6.07) is 4.15. The molecular weight excluding hydrogens is 312 g/mol. The monoisotopic (exact) mass is 340 g/mol. The van der Waals surface area contributed by atoms with Gasteiger partial charge in [-0.25, -0.2) is 14.3 Å². The Kier molecular flexibility index (Phi) is 4.09. The van der Waals surface area contributed by atoms with Gasteiger partial charge in [0.05, 0.1) is 11.4 Å². The first-order valence-electron chi connectivity index (χ1n) is 8.66. The molecule has 0 aromatic carbocycles. The molecule has 25 heavy (non-hydrogen) atoms. The highest BCUT2D eigenvalue weighted by Crippen LogP contribution is 2.26. The van der Waals surface area contributed by atoms with Gasteiger partial charge in [-0.15, -0.1) is 0 Å². The van der Waals surface area contributed by atoms with Crippen molar-refractivity contribution in [1.29, 1.82) is 0 Å². The van der Waals surface area contributed by atoms with Crippen LogP contribution in [0, 0.1) is 0 Å². The van der Waals surface area contributed by atoms with Crippen molar-refractivity contribution < 1.29 is 0 Å². The zero-order valence-corrected chi connectivity index (χ0v) is 16.2. The molecule has 6 heteroatoms. The molecule has 0 fully saturated rings. The van der Waals surface area contributed by atoms with E-state index >= 15 is 0 Å². The van der Waals surface area contributed by atoms with E-state index < -0.39 is 0 Å². The summed E-state index contributed by atoms with van der Waals surface area (Å²) in [5.74, 6) is 0.895. The normalized spacial score (nSPS) is 13.0. The van der Waals surface area contributed by atoms with E-state index in [1.54, 1.807) is 0 Å². The Morgan fingerprint density at radius 3 is 1.60 bits per heavy atom. The minimum atomic E-state index is -0.216. The lowest BCUT2D eigenvalue weighted by molar-refractivity contribution is 0.377. The van der Waals surface area contributed by atoms with E-state index in [0.29, 0.717) is 0 Å². The number of rotatable bonds is 3. The molecule has 3 rings (SSSR count). The van der Waals surface area contributed by atoms with Gasteiger partial charge in [0.15, 0.2) is 5.82 Å². The molecule has 3 heterocycles. The van der Waals surface area contributed by atoms with Crippen molar-refractivity contribution in [1.82, 2.24) is 29.1 Å². The summed E-state index contributed by atoms with van der Waals surface area (Å²) in [5.41, 5.74) is 2.10. The van der Waals surface area contributed by atoms with Crippen LogP contribution in [0.1, 0.15) is 64.9 Å². The van der Waals surface area contributed by atoms with Crippen molar-refractivity contribution in [2.24, 2.45) is 7.05 Å². The van der Waals surface area contributed by atoms with Crippen molar-refractivity contribution in [2.45, 2.75) is 58.5 Å². The molecule has 0 unspecified atom stereocenters. The lowest BCUT2D eigenvalue weighted by Crippen LogP contribution is -2.25. The second-order valence-electron chi connectivity index (χ2n) is 8.63. The molecule has 134 valence electrons. The molecule has 3 aromatic heterocycles. The summed E-state index contributed by atoms with van der Waals surface area (Å²) in [5, 5.41) is 9.66. The molecule has 0 radical (unpaired) electrons. The Morgan fingerprint density at radius 2 is 1.28 bits per heavy atom. The molecule has 0 atom stereocenters. The summed E-state index contributed by atoms with van der Waals surface area (Å²) in [7, 11) is 2.00. The van der Waals surface area contributed by atoms with Gasteiger partial charge in [-0.1, -0.05) is 41.5 Å². The standard InChI is InChI=1S/C19H28N6/c1-18(2,3)14-8-11-24(21-14)17(16-20-10-13-23(16)7)25-12-9-15(22-25)19(4,5)6/h8-13,17H,1-7H3. The molecular formula is C19H28N6. The first-order chi connectivity index (χ1) is 11.6. The van der Waals surface area contributed by atoms with E-state index in [1.807, 2.05) is 45.8 Å². The summed E-state index contributed by atoms with van der Waals surface area (Å²) < 4.78 is 5.91. The van der Waals surface area contributed by atoms with Gasteiger partial charge in [-0.3, -0.25) is 0 Å². The fourth-order valence-corrected chi connectivity index (χ4v) is 2.73. The summed E-state index contributed by atoms with van der Waals surface area (Å²) in [6.45, 7) is 13.0. The molecule has 0 spiro atoms. The van der Waals surface area contributed by atoms with Crippen LogP contribution < -0.4 is 0 Å². The lowest BCUT2D eigenvalue weighted by Gasteiger charge is -2.20. The van der Waals surface area contributed by atoms with Gasteiger partial charge in [0.2, 0.25) is 6.17 Å². The predicted molar refractivity (Wildman–Crippen MR) is 98.6 cm³/mol. The lowest BCUT2D eigenvalue weighted by atomic mass is 9.93. The fraction of sp³-hybridized carbons (Fsp3) is 0.526. The van der Waals surface area contributed by atoms with E-state index in [1.165, 1.54) is 0 Å². The average molecular weight is 340 g/mol. The Bertz CT molecular complexity index is 801. The third kappa shape index (κ3) is 3.38. The Labute approximate surface area is 149 Å². The van der Waals surface area contributed by atoms with Gasteiger partial charge in [0.25, 0.3) is 0 Å². The molecule has 0 aliphatic rings. The van der Waals surface area contributed by atoms with E-state index in [0.717, 1.165) is 17.2 Å². The van der Waals surface area contributed by atoms with E-state index in [-0.39, 0.29) is 17.0 Å². The van der Waals surface area contributed by atoms with Crippen LogP contribution in [0.4, 0.5) is 0 Å². The maximum atomic E-state index is 4.83. The number of aryl methyl sites for hydroxylation is 1. The van der Waals surface area contributed by atoms with Gasteiger partial charge < -0.3 is 4.57 Å². The third-order valence-corrected chi connectivity index (χ3v) is 4.34. The van der Waals surface area contributed by atoms with E-state index in [4.69, 9.17) is 10.2 Å². The first-order valence-corrected chi connectivity index (χ1v) is 8.66. The number of hydrogen-bond acceptors (Lipinski definition) is 3. The third-order valence-electron chi connectivity index (χ3n) is 4.34. The SMILES string of the molecule is Cn1ccnc1C(n1ccc(C(C)(C)C)n1)n1ccc(C(C)(C)C)n1. The highest BCUT2D eigenvalue weighted by atomic mass is 15.5. The van der Waals surface area contributed by atoms with Crippen LogP contribution in [0.15, 0.2) is 36.9 Å². The highest BCUT2D eigenvalue weighted by molar-refractivity contribution is 5.15. The van der Waals surface area contributed by atoms with Gasteiger partial charge in [0, 0.05) is 42.7 Å². The Hall–Kier alpha value is -2.37. The van der Waals surface area contributed by atoms with Crippen LogP contribution in [0.2, 0.25) is 0 Å². The predicted octanol–water partition coefficient (Wildman–Crippen LogP) is 3.50. The first kappa shape index (κ1) is 17.5. The number of nitrogens with zero attached hydrogens (tertiary/aromatic N) is 6. The van der Waals surface area contributed by atoms with Gasteiger partial charge >= 0.3 is 0 Å².